The Hall–Kier alpha value is -0.630. The Morgan fingerprint density at radius 1 is 1.00 bits per heavy atom. The second-order valence-electron chi connectivity index (χ2n) is 2.59. The second kappa shape index (κ2) is 9.91. The van der Waals surface area contributed by atoms with Crippen LogP contribution in [0.3, 0.4) is 0 Å². The van der Waals surface area contributed by atoms with E-state index in [1.165, 1.54) is 11.1 Å². The lowest BCUT2D eigenvalue weighted by atomic mass is 10.1. The number of hydrogen-bond donors (Lipinski definition) is 1. The quantitative estimate of drug-likeness (QED) is 0.688. The smallest absolute Gasteiger partial charge is 0.120 e. The van der Waals surface area contributed by atoms with E-state index < -0.39 is 0 Å². The van der Waals surface area contributed by atoms with Crippen LogP contribution >= 0.6 is 12.6 Å². The lowest BCUT2D eigenvalue weighted by molar-refractivity contribution is 0.413. The van der Waals surface area contributed by atoms with E-state index in [1.807, 2.05) is 39.8 Å². The van der Waals surface area contributed by atoms with Gasteiger partial charge in [-0.2, -0.15) is 0 Å². The van der Waals surface area contributed by atoms with Crippen molar-refractivity contribution in [1.82, 2.24) is 0 Å². The van der Waals surface area contributed by atoms with Crippen LogP contribution in [0, 0.1) is 13.8 Å². The standard InChI is InChI=1S/C9H12OS.2C2H6/c1-6-4-8(10-3)5-9(11)7(6)2;2*1-2/h4-5,11H,1-3H3;2*1-2H3. The number of aryl methyl sites for hydroxylation is 1. The third-order valence-electron chi connectivity index (χ3n) is 1.85. The molecule has 0 bridgehead atoms. The highest BCUT2D eigenvalue weighted by molar-refractivity contribution is 7.80. The van der Waals surface area contributed by atoms with Gasteiger partial charge >= 0.3 is 0 Å². The Morgan fingerprint density at radius 3 is 1.80 bits per heavy atom. The van der Waals surface area contributed by atoms with Crippen LogP contribution in [0.2, 0.25) is 0 Å². The average molecular weight is 228 g/mol. The number of methoxy groups -OCH3 is 1. The Morgan fingerprint density at radius 2 is 1.47 bits per heavy atom. The van der Waals surface area contributed by atoms with Crippen molar-refractivity contribution >= 4 is 12.6 Å². The van der Waals surface area contributed by atoms with Gasteiger partial charge in [0.15, 0.2) is 0 Å². The maximum atomic E-state index is 5.08. The van der Waals surface area contributed by atoms with Crippen molar-refractivity contribution in [3.63, 3.8) is 0 Å². The third-order valence-corrected chi connectivity index (χ3v) is 2.31. The molecule has 0 saturated carbocycles. The highest BCUT2D eigenvalue weighted by atomic mass is 32.1. The van der Waals surface area contributed by atoms with Crippen LogP contribution in [0.15, 0.2) is 17.0 Å². The summed E-state index contributed by atoms with van der Waals surface area (Å²) in [7, 11) is 1.66. The Bertz CT molecular complexity index is 246. The van der Waals surface area contributed by atoms with Gasteiger partial charge in [-0.1, -0.05) is 27.7 Å². The summed E-state index contributed by atoms with van der Waals surface area (Å²) in [5.41, 5.74) is 2.43. The van der Waals surface area contributed by atoms with Crippen LogP contribution in [-0.2, 0) is 0 Å². The normalized spacial score (nSPS) is 8.00. The van der Waals surface area contributed by atoms with Crippen molar-refractivity contribution in [2.24, 2.45) is 0 Å². The van der Waals surface area contributed by atoms with Gasteiger partial charge in [0.2, 0.25) is 0 Å². The minimum absolute atomic E-state index is 0.873. The summed E-state index contributed by atoms with van der Waals surface area (Å²) in [5, 5.41) is 0. The average Bonchev–Trinajstić information content (AvgIpc) is 2.30. The third kappa shape index (κ3) is 5.73. The molecule has 15 heavy (non-hydrogen) atoms. The molecule has 0 amide bonds. The number of rotatable bonds is 1. The van der Waals surface area contributed by atoms with E-state index in [0.717, 1.165) is 10.6 Å². The van der Waals surface area contributed by atoms with E-state index in [4.69, 9.17) is 4.74 Å². The summed E-state index contributed by atoms with van der Waals surface area (Å²) in [6, 6.07) is 3.93. The van der Waals surface area contributed by atoms with Crippen LogP contribution in [0.4, 0.5) is 0 Å². The van der Waals surface area contributed by atoms with Gasteiger partial charge in [0.1, 0.15) is 5.75 Å². The van der Waals surface area contributed by atoms with Gasteiger partial charge in [-0.05, 0) is 37.1 Å². The van der Waals surface area contributed by atoms with Crippen molar-refractivity contribution in [3.8, 4) is 5.75 Å². The molecular weight excluding hydrogens is 204 g/mol. The van der Waals surface area contributed by atoms with Crippen LogP contribution in [0.1, 0.15) is 38.8 Å². The summed E-state index contributed by atoms with van der Waals surface area (Å²) in [5.74, 6) is 0.873. The van der Waals surface area contributed by atoms with Gasteiger partial charge in [0, 0.05) is 4.90 Å². The second-order valence-corrected chi connectivity index (χ2v) is 3.07. The molecule has 1 rings (SSSR count). The largest absolute Gasteiger partial charge is 0.497 e. The molecular formula is C13H24OS. The number of thiol groups is 1. The molecule has 0 aliphatic heterocycles. The SMILES string of the molecule is CC.CC.COc1cc(C)c(C)c(S)c1. The van der Waals surface area contributed by atoms with E-state index in [0.29, 0.717) is 0 Å². The zero-order valence-electron chi connectivity index (χ0n) is 11.0. The molecule has 2 heteroatoms. The fraction of sp³-hybridized carbons (Fsp3) is 0.538. The molecule has 1 nitrogen and oxygen atoms in total. The van der Waals surface area contributed by atoms with Crippen LogP contribution in [0.5, 0.6) is 5.75 Å². The minimum Gasteiger partial charge on any atom is -0.497 e. The molecule has 88 valence electrons. The molecule has 0 radical (unpaired) electrons. The molecule has 0 unspecified atom stereocenters. The van der Waals surface area contributed by atoms with E-state index in [9.17, 15) is 0 Å². The molecule has 0 saturated heterocycles. The minimum atomic E-state index is 0.873. The van der Waals surface area contributed by atoms with Gasteiger partial charge in [-0.15, -0.1) is 12.6 Å². The van der Waals surface area contributed by atoms with Crippen LogP contribution < -0.4 is 4.74 Å². The number of hydrogen-bond acceptors (Lipinski definition) is 2. The Balaban J connectivity index is 0. The predicted octanol–water partition coefficient (Wildman–Crippen LogP) is 4.65. The first-order valence-electron chi connectivity index (χ1n) is 5.49. The van der Waals surface area contributed by atoms with Crippen molar-refractivity contribution in [2.45, 2.75) is 46.4 Å². The van der Waals surface area contributed by atoms with Crippen molar-refractivity contribution in [3.05, 3.63) is 23.3 Å². The van der Waals surface area contributed by atoms with E-state index in [2.05, 4.69) is 26.5 Å². The molecule has 1 aromatic carbocycles. The summed E-state index contributed by atoms with van der Waals surface area (Å²) >= 11 is 4.31. The molecule has 0 fully saturated rings. The molecule has 0 aromatic heterocycles. The summed E-state index contributed by atoms with van der Waals surface area (Å²) in [6.07, 6.45) is 0. The molecule has 0 heterocycles. The van der Waals surface area contributed by atoms with Gasteiger partial charge in [-0.3, -0.25) is 0 Å². The van der Waals surface area contributed by atoms with Crippen LogP contribution in [-0.4, -0.2) is 7.11 Å². The van der Waals surface area contributed by atoms with E-state index in [-0.39, 0.29) is 0 Å². The maximum Gasteiger partial charge on any atom is 0.120 e. The first-order valence-corrected chi connectivity index (χ1v) is 5.94. The highest BCUT2D eigenvalue weighted by Gasteiger charge is 2.00. The molecule has 1 aromatic rings. The lowest BCUT2D eigenvalue weighted by Gasteiger charge is -2.06. The number of ether oxygens (including phenoxy) is 1. The summed E-state index contributed by atoms with van der Waals surface area (Å²) < 4.78 is 5.08. The van der Waals surface area contributed by atoms with Gasteiger partial charge in [0.05, 0.1) is 7.11 Å². The zero-order chi connectivity index (χ0) is 12.4. The van der Waals surface area contributed by atoms with Gasteiger partial charge < -0.3 is 4.74 Å². The first kappa shape index (κ1) is 16.8. The molecule has 0 aliphatic carbocycles. The van der Waals surface area contributed by atoms with Crippen LogP contribution in [0.25, 0.3) is 0 Å². The topological polar surface area (TPSA) is 9.23 Å². The maximum absolute atomic E-state index is 5.08. The molecule has 0 aliphatic rings. The first-order chi connectivity index (χ1) is 7.15. The van der Waals surface area contributed by atoms with Crippen molar-refractivity contribution in [2.75, 3.05) is 7.11 Å². The fourth-order valence-corrected chi connectivity index (χ4v) is 1.23. The summed E-state index contributed by atoms with van der Waals surface area (Å²) in [4.78, 5) is 0.988. The van der Waals surface area contributed by atoms with E-state index in [1.54, 1.807) is 7.11 Å². The van der Waals surface area contributed by atoms with Crippen molar-refractivity contribution < 1.29 is 4.74 Å². The summed E-state index contributed by atoms with van der Waals surface area (Å²) in [6.45, 7) is 12.1. The van der Waals surface area contributed by atoms with E-state index >= 15 is 0 Å². The molecule has 0 N–H and O–H groups in total. The Kier molecular flexibility index (Phi) is 11.1. The predicted molar refractivity (Wildman–Crippen MR) is 72.4 cm³/mol. The highest BCUT2D eigenvalue weighted by Crippen LogP contribution is 2.23. The Labute approximate surface area is 100 Å². The van der Waals surface area contributed by atoms with Gasteiger partial charge in [-0.25, -0.2) is 0 Å². The molecule has 0 atom stereocenters. The molecule has 0 spiro atoms. The number of benzene rings is 1. The fourth-order valence-electron chi connectivity index (χ4n) is 0.926. The zero-order valence-corrected chi connectivity index (χ0v) is 11.9. The lowest BCUT2D eigenvalue weighted by Crippen LogP contribution is -1.87. The monoisotopic (exact) mass is 228 g/mol. The van der Waals surface area contributed by atoms with Crippen molar-refractivity contribution in [1.29, 1.82) is 0 Å². The van der Waals surface area contributed by atoms with Gasteiger partial charge in [0.25, 0.3) is 0 Å².